The van der Waals surface area contributed by atoms with E-state index < -0.39 is 29.2 Å². The van der Waals surface area contributed by atoms with E-state index in [2.05, 4.69) is 15.0 Å². The minimum absolute atomic E-state index is 0.314. The number of aliphatic hydroxyl groups excluding tert-OH is 1. The van der Waals surface area contributed by atoms with Crippen LogP contribution in [-0.4, -0.2) is 38.7 Å². The number of hydrogen-bond acceptors (Lipinski definition) is 5. The first-order valence-corrected chi connectivity index (χ1v) is 9.86. The number of ketones is 1. The van der Waals surface area contributed by atoms with E-state index in [0.29, 0.717) is 29.9 Å². The molecule has 0 saturated heterocycles. The van der Waals surface area contributed by atoms with Crippen molar-refractivity contribution in [3.05, 3.63) is 89.2 Å². The Labute approximate surface area is 187 Å². The van der Waals surface area contributed by atoms with E-state index in [1.165, 1.54) is 43.7 Å². The fraction of sp³-hybridized carbons (Fsp3) is 0.217. The molecule has 33 heavy (non-hydrogen) atoms. The SMILES string of the molecule is C/N=C\C(=O)/C(O)=C/c1nccn1CC[C@H](c1ccc(F)cc1)c1ccc(C(F)(F)F)nc1. The molecule has 2 aromatic heterocycles. The summed E-state index contributed by atoms with van der Waals surface area (Å²) >= 11 is 0. The molecular weight excluding hydrogens is 440 g/mol. The number of Topliss-reactive ketones (excluding diaryl/α,β-unsaturated/α-hetero) is 1. The molecule has 3 aromatic rings. The maximum absolute atomic E-state index is 13.4. The van der Waals surface area contributed by atoms with Crippen LogP contribution >= 0.6 is 0 Å². The van der Waals surface area contributed by atoms with Crippen LogP contribution < -0.4 is 0 Å². The van der Waals surface area contributed by atoms with Crippen LogP contribution in [0.5, 0.6) is 0 Å². The Hall–Kier alpha value is -3.82. The first kappa shape index (κ1) is 23.8. The van der Waals surface area contributed by atoms with Crippen molar-refractivity contribution in [3.8, 4) is 0 Å². The molecule has 0 aliphatic heterocycles. The molecule has 10 heteroatoms. The van der Waals surface area contributed by atoms with Gasteiger partial charge in [-0.1, -0.05) is 18.2 Å². The average Bonchev–Trinajstić information content (AvgIpc) is 3.22. The first-order valence-electron chi connectivity index (χ1n) is 9.86. The summed E-state index contributed by atoms with van der Waals surface area (Å²) in [5, 5.41) is 9.93. The molecule has 0 spiro atoms. The van der Waals surface area contributed by atoms with Gasteiger partial charge in [0, 0.05) is 44.2 Å². The molecule has 0 fully saturated rings. The van der Waals surface area contributed by atoms with Gasteiger partial charge in [-0.05, 0) is 35.7 Å². The summed E-state index contributed by atoms with van der Waals surface area (Å²) in [5.41, 5.74) is 0.234. The lowest BCUT2D eigenvalue weighted by atomic mass is 9.89. The number of benzene rings is 1. The van der Waals surface area contributed by atoms with Crippen molar-refractivity contribution in [3.63, 3.8) is 0 Å². The van der Waals surface area contributed by atoms with Gasteiger partial charge in [0.1, 0.15) is 17.3 Å². The van der Waals surface area contributed by atoms with Crippen molar-refractivity contribution in [1.29, 1.82) is 0 Å². The van der Waals surface area contributed by atoms with Gasteiger partial charge in [-0.2, -0.15) is 13.2 Å². The number of carbonyl (C=O) groups excluding carboxylic acids is 1. The maximum atomic E-state index is 13.4. The fourth-order valence-electron chi connectivity index (χ4n) is 3.29. The lowest BCUT2D eigenvalue weighted by molar-refractivity contribution is -0.141. The Bertz CT molecular complexity index is 1150. The summed E-state index contributed by atoms with van der Waals surface area (Å²) in [6, 6.07) is 7.97. The molecule has 1 N–H and O–H groups in total. The van der Waals surface area contributed by atoms with Gasteiger partial charge in [-0.25, -0.2) is 9.37 Å². The highest BCUT2D eigenvalue weighted by Crippen LogP contribution is 2.32. The number of nitrogens with zero attached hydrogens (tertiary/aromatic N) is 4. The standard InChI is InChI=1S/C23H20F4N4O2/c1-28-14-20(33)19(32)12-22-29-9-11-31(22)10-8-18(15-2-5-17(24)6-3-15)16-4-7-21(30-13-16)23(25,26)27/h2-7,9,11-14,18,32H,8,10H2,1H3/b19-12-,28-14-/t18-/m1/s1. The number of alkyl halides is 3. The van der Waals surface area contributed by atoms with Crippen LogP contribution in [0.1, 0.15) is 35.0 Å². The molecule has 0 amide bonds. The second-order valence-corrected chi connectivity index (χ2v) is 7.13. The second-order valence-electron chi connectivity index (χ2n) is 7.13. The number of aromatic nitrogens is 3. The van der Waals surface area contributed by atoms with Crippen molar-refractivity contribution >= 4 is 18.1 Å². The molecule has 0 unspecified atom stereocenters. The van der Waals surface area contributed by atoms with Crippen molar-refractivity contribution in [1.82, 2.24) is 14.5 Å². The van der Waals surface area contributed by atoms with E-state index in [-0.39, 0.29) is 5.92 Å². The van der Waals surface area contributed by atoms with Crippen molar-refractivity contribution in [2.24, 2.45) is 4.99 Å². The Morgan fingerprint density at radius 1 is 1.15 bits per heavy atom. The van der Waals surface area contributed by atoms with E-state index >= 15 is 0 Å². The van der Waals surface area contributed by atoms with Crippen LogP contribution in [0.4, 0.5) is 17.6 Å². The Balaban J connectivity index is 1.87. The molecule has 6 nitrogen and oxygen atoms in total. The van der Waals surface area contributed by atoms with Crippen LogP contribution in [0, 0.1) is 5.82 Å². The molecule has 0 radical (unpaired) electrons. The number of aryl methyl sites for hydroxylation is 1. The molecule has 2 heterocycles. The van der Waals surface area contributed by atoms with Gasteiger partial charge < -0.3 is 9.67 Å². The number of imidazole rings is 1. The minimum atomic E-state index is -4.55. The quantitative estimate of drug-likeness (QED) is 0.226. The third-order valence-corrected chi connectivity index (χ3v) is 4.92. The first-order chi connectivity index (χ1) is 15.7. The molecule has 1 atom stereocenters. The average molecular weight is 460 g/mol. The number of halogens is 4. The summed E-state index contributed by atoms with van der Waals surface area (Å²) in [6.45, 7) is 0.345. The Morgan fingerprint density at radius 2 is 1.85 bits per heavy atom. The zero-order valence-electron chi connectivity index (χ0n) is 17.5. The molecular formula is C23H20F4N4O2. The monoisotopic (exact) mass is 460 g/mol. The predicted octanol–water partition coefficient (Wildman–Crippen LogP) is 4.83. The van der Waals surface area contributed by atoms with Crippen molar-refractivity contribution < 1.29 is 27.5 Å². The van der Waals surface area contributed by atoms with E-state index in [0.717, 1.165) is 12.3 Å². The number of pyridine rings is 1. The molecule has 0 saturated carbocycles. The summed E-state index contributed by atoms with van der Waals surface area (Å²) in [7, 11) is 1.40. The minimum Gasteiger partial charge on any atom is -0.504 e. The lowest BCUT2D eigenvalue weighted by Crippen LogP contribution is -2.11. The summed E-state index contributed by atoms with van der Waals surface area (Å²) in [6.07, 6.45) is 2.33. The van der Waals surface area contributed by atoms with Crippen molar-refractivity contribution in [2.75, 3.05) is 7.05 Å². The molecule has 3 rings (SSSR count). The van der Waals surface area contributed by atoms with Gasteiger partial charge >= 0.3 is 6.18 Å². The van der Waals surface area contributed by atoms with Crippen LogP contribution in [0.15, 0.2) is 65.7 Å². The summed E-state index contributed by atoms with van der Waals surface area (Å²) in [4.78, 5) is 22.9. The van der Waals surface area contributed by atoms with Gasteiger partial charge in [0.25, 0.3) is 0 Å². The van der Waals surface area contributed by atoms with E-state index in [1.807, 2.05) is 0 Å². The largest absolute Gasteiger partial charge is 0.504 e. The smallest absolute Gasteiger partial charge is 0.433 e. The third kappa shape index (κ3) is 6.12. The number of aliphatic imine (C=N–C) groups is 1. The van der Waals surface area contributed by atoms with Crippen LogP contribution in [0.3, 0.4) is 0 Å². The van der Waals surface area contributed by atoms with Crippen LogP contribution in [0.2, 0.25) is 0 Å². The van der Waals surface area contributed by atoms with Crippen LogP contribution in [-0.2, 0) is 17.5 Å². The normalized spacial score (nSPS) is 13.4. The van der Waals surface area contributed by atoms with E-state index in [9.17, 15) is 27.5 Å². The topological polar surface area (TPSA) is 80.4 Å². The van der Waals surface area contributed by atoms with Crippen molar-refractivity contribution in [2.45, 2.75) is 25.1 Å². The Kier molecular flexibility index (Phi) is 7.37. The lowest BCUT2D eigenvalue weighted by Gasteiger charge is -2.19. The molecule has 0 aliphatic rings. The zero-order chi connectivity index (χ0) is 24.0. The van der Waals surface area contributed by atoms with Crippen LogP contribution in [0.25, 0.3) is 6.08 Å². The zero-order valence-corrected chi connectivity index (χ0v) is 17.5. The summed E-state index contributed by atoms with van der Waals surface area (Å²) < 4.78 is 53.8. The van der Waals surface area contributed by atoms with Gasteiger partial charge in [0.2, 0.25) is 5.78 Å². The summed E-state index contributed by atoms with van der Waals surface area (Å²) in [5.74, 6) is -1.71. The van der Waals surface area contributed by atoms with Gasteiger partial charge in [0.05, 0.1) is 6.21 Å². The highest BCUT2D eigenvalue weighted by atomic mass is 19.4. The number of allylic oxidation sites excluding steroid dienone is 1. The highest BCUT2D eigenvalue weighted by Gasteiger charge is 2.32. The maximum Gasteiger partial charge on any atom is 0.433 e. The second kappa shape index (κ2) is 10.2. The van der Waals surface area contributed by atoms with E-state index in [1.54, 1.807) is 22.9 Å². The fourth-order valence-corrected chi connectivity index (χ4v) is 3.29. The number of aliphatic hydroxyl groups is 1. The van der Waals surface area contributed by atoms with Gasteiger partial charge in [-0.3, -0.25) is 14.8 Å². The number of rotatable bonds is 8. The van der Waals surface area contributed by atoms with E-state index in [4.69, 9.17) is 0 Å². The predicted molar refractivity (Wildman–Crippen MR) is 114 cm³/mol. The highest BCUT2D eigenvalue weighted by molar-refractivity contribution is 6.35. The number of carbonyl (C=O) groups is 1. The third-order valence-electron chi connectivity index (χ3n) is 4.92. The van der Waals surface area contributed by atoms with Gasteiger partial charge in [-0.15, -0.1) is 0 Å². The molecule has 0 bridgehead atoms. The molecule has 0 aliphatic carbocycles. The number of hydrogen-bond donors (Lipinski definition) is 1. The molecule has 172 valence electrons. The van der Waals surface area contributed by atoms with Gasteiger partial charge in [0.15, 0.2) is 5.76 Å². The molecule has 1 aromatic carbocycles. The Morgan fingerprint density at radius 3 is 2.45 bits per heavy atom.